The number of fused-ring (bicyclic) bond motifs is 3. The molecule has 0 aliphatic heterocycles. The molecule has 0 fully saturated rings. The first kappa shape index (κ1) is 15.3. The van der Waals surface area contributed by atoms with Gasteiger partial charge in [-0.15, -0.1) is 0 Å². The average Bonchev–Trinajstić information content (AvgIpc) is 3.26. The summed E-state index contributed by atoms with van der Waals surface area (Å²) in [6.45, 7) is 2.15. The number of para-hydroxylation sites is 1. The predicted octanol–water partition coefficient (Wildman–Crippen LogP) is 5.13. The molecule has 4 nitrogen and oxygen atoms in total. The van der Waals surface area contributed by atoms with Crippen LogP contribution >= 0.6 is 0 Å². The summed E-state index contributed by atoms with van der Waals surface area (Å²) in [7, 11) is 0. The molecule has 4 aromatic rings. The lowest BCUT2D eigenvalue weighted by molar-refractivity contribution is -0.111. The van der Waals surface area contributed by atoms with Gasteiger partial charge in [0.25, 0.3) is 0 Å². The van der Waals surface area contributed by atoms with Gasteiger partial charge in [0.05, 0.1) is 6.26 Å². The number of hydrogen-bond donors (Lipinski definition) is 2. The van der Waals surface area contributed by atoms with Crippen LogP contribution in [0.3, 0.4) is 0 Å². The maximum absolute atomic E-state index is 12.1. The Bertz CT molecular complexity index is 1070. The number of aromatic amines is 1. The van der Waals surface area contributed by atoms with Crippen molar-refractivity contribution in [2.24, 2.45) is 0 Å². The van der Waals surface area contributed by atoms with Crippen molar-refractivity contribution in [1.29, 1.82) is 0 Å². The zero-order valence-corrected chi connectivity index (χ0v) is 13.9. The van der Waals surface area contributed by atoms with Gasteiger partial charge in [-0.1, -0.05) is 31.2 Å². The number of anilines is 1. The Morgan fingerprint density at radius 2 is 2.08 bits per heavy atom. The molecule has 0 radical (unpaired) electrons. The Balaban J connectivity index is 1.63. The first-order chi connectivity index (χ1) is 12.2. The lowest BCUT2D eigenvalue weighted by Crippen LogP contribution is -2.07. The third-order valence-corrected chi connectivity index (χ3v) is 4.31. The number of aromatic nitrogens is 1. The van der Waals surface area contributed by atoms with E-state index in [0.29, 0.717) is 5.76 Å². The maximum Gasteiger partial charge on any atom is 0.248 e. The Morgan fingerprint density at radius 3 is 2.88 bits per heavy atom. The molecule has 0 spiro atoms. The number of furan rings is 1. The van der Waals surface area contributed by atoms with Gasteiger partial charge in [0.1, 0.15) is 5.76 Å². The Kier molecular flexibility index (Phi) is 3.86. The summed E-state index contributed by atoms with van der Waals surface area (Å²) in [4.78, 5) is 15.5. The SMILES string of the molecule is CCc1cccc2c1[nH]c1cc(NC(=O)/C=C/c3ccco3)ccc12. The molecule has 124 valence electrons. The van der Waals surface area contributed by atoms with Crippen LogP contribution in [0.25, 0.3) is 27.9 Å². The minimum absolute atomic E-state index is 0.193. The van der Waals surface area contributed by atoms with Crippen molar-refractivity contribution >= 4 is 39.5 Å². The van der Waals surface area contributed by atoms with Crippen molar-refractivity contribution in [2.45, 2.75) is 13.3 Å². The molecular formula is C21H18N2O2. The van der Waals surface area contributed by atoms with Crippen LogP contribution in [0.1, 0.15) is 18.2 Å². The van der Waals surface area contributed by atoms with Gasteiger partial charge in [-0.3, -0.25) is 4.79 Å². The largest absolute Gasteiger partial charge is 0.465 e. The van der Waals surface area contributed by atoms with Crippen molar-refractivity contribution in [1.82, 2.24) is 4.98 Å². The Morgan fingerprint density at radius 1 is 1.16 bits per heavy atom. The highest BCUT2D eigenvalue weighted by atomic mass is 16.3. The molecule has 4 heteroatoms. The van der Waals surface area contributed by atoms with Crippen LogP contribution in [0.4, 0.5) is 5.69 Å². The molecule has 2 N–H and O–H groups in total. The third kappa shape index (κ3) is 2.94. The fourth-order valence-corrected chi connectivity index (χ4v) is 3.09. The van der Waals surface area contributed by atoms with Crippen LogP contribution in [-0.4, -0.2) is 10.9 Å². The third-order valence-electron chi connectivity index (χ3n) is 4.31. The summed E-state index contributed by atoms with van der Waals surface area (Å²) < 4.78 is 5.18. The number of carbonyl (C=O) groups excluding carboxylic acids is 1. The van der Waals surface area contributed by atoms with E-state index in [2.05, 4.69) is 35.4 Å². The van der Waals surface area contributed by atoms with Crippen molar-refractivity contribution in [3.8, 4) is 0 Å². The summed E-state index contributed by atoms with van der Waals surface area (Å²) >= 11 is 0. The minimum Gasteiger partial charge on any atom is -0.465 e. The number of rotatable bonds is 4. The molecule has 0 unspecified atom stereocenters. The molecule has 0 saturated carbocycles. The highest BCUT2D eigenvalue weighted by Crippen LogP contribution is 2.29. The normalized spacial score (nSPS) is 11.6. The standard InChI is InChI=1S/C21H18N2O2/c1-2-14-5-3-7-18-17-10-8-15(13-19(17)23-21(14)18)22-20(24)11-9-16-6-4-12-25-16/h3-13,23H,2H2,1H3,(H,22,24)/b11-9+. The van der Waals surface area contributed by atoms with E-state index in [1.165, 1.54) is 22.5 Å². The minimum atomic E-state index is -0.193. The van der Waals surface area contributed by atoms with E-state index in [1.807, 2.05) is 18.2 Å². The number of H-pyrrole nitrogens is 1. The smallest absolute Gasteiger partial charge is 0.248 e. The van der Waals surface area contributed by atoms with E-state index in [1.54, 1.807) is 24.5 Å². The highest BCUT2D eigenvalue weighted by Gasteiger charge is 2.08. The second-order valence-corrected chi connectivity index (χ2v) is 5.92. The van der Waals surface area contributed by atoms with E-state index in [-0.39, 0.29) is 5.91 Å². The van der Waals surface area contributed by atoms with Crippen LogP contribution in [0.2, 0.25) is 0 Å². The van der Waals surface area contributed by atoms with E-state index >= 15 is 0 Å². The van der Waals surface area contributed by atoms with Gasteiger partial charge in [0, 0.05) is 33.6 Å². The number of aryl methyl sites for hydroxylation is 1. The number of nitrogens with one attached hydrogen (secondary N) is 2. The van der Waals surface area contributed by atoms with Gasteiger partial charge in [0.15, 0.2) is 0 Å². The second-order valence-electron chi connectivity index (χ2n) is 5.92. The van der Waals surface area contributed by atoms with Crippen LogP contribution < -0.4 is 5.32 Å². The first-order valence-corrected chi connectivity index (χ1v) is 8.30. The van der Waals surface area contributed by atoms with Crippen LogP contribution in [0, 0.1) is 0 Å². The number of benzene rings is 2. The second kappa shape index (κ2) is 6.32. The zero-order chi connectivity index (χ0) is 17.2. The first-order valence-electron chi connectivity index (χ1n) is 8.30. The molecule has 25 heavy (non-hydrogen) atoms. The van der Waals surface area contributed by atoms with E-state index in [0.717, 1.165) is 23.0 Å². The number of hydrogen-bond acceptors (Lipinski definition) is 2. The molecule has 0 bridgehead atoms. The monoisotopic (exact) mass is 330 g/mol. The van der Waals surface area contributed by atoms with Crippen LogP contribution in [-0.2, 0) is 11.2 Å². The summed E-state index contributed by atoms with van der Waals surface area (Å²) in [5.41, 5.74) is 4.23. The zero-order valence-electron chi connectivity index (χ0n) is 13.9. The van der Waals surface area contributed by atoms with Crippen LogP contribution in [0.5, 0.6) is 0 Å². The number of carbonyl (C=O) groups is 1. The molecule has 2 heterocycles. The van der Waals surface area contributed by atoms with Crippen molar-refractivity contribution < 1.29 is 9.21 Å². The Labute approximate surface area is 145 Å². The summed E-state index contributed by atoms with van der Waals surface area (Å²) in [6.07, 6.45) is 5.66. The van der Waals surface area contributed by atoms with Gasteiger partial charge >= 0.3 is 0 Å². The predicted molar refractivity (Wildman–Crippen MR) is 102 cm³/mol. The van der Waals surface area contributed by atoms with Gasteiger partial charge in [-0.2, -0.15) is 0 Å². The fourth-order valence-electron chi connectivity index (χ4n) is 3.09. The average molecular weight is 330 g/mol. The number of amides is 1. The molecule has 1 amide bonds. The van der Waals surface area contributed by atoms with Crippen molar-refractivity contribution in [3.63, 3.8) is 0 Å². The molecule has 4 rings (SSSR count). The highest BCUT2D eigenvalue weighted by molar-refractivity contribution is 6.10. The topological polar surface area (TPSA) is 58.0 Å². The molecular weight excluding hydrogens is 312 g/mol. The molecule has 2 aromatic carbocycles. The quantitative estimate of drug-likeness (QED) is 0.510. The Hall–Kier alpha value is -3.27. The molecule has 0 saturated heterocycles. The van der Waals surface area contributed by atoms with Gasteiger partial charge in [-0.25, -0.2) is 0 Å². The van der Waals surface area contributed by atoms with E-state index < -0.39 is 0 Å². The maximum atomic E-state index is 12.1. The molecule has 0 aliphatic rings. The molecule has 0 atom stereocenters. The van der Waals surface area contributed by atoms with Gasteiger partial charge in [0.2, 0.25) is 5.91 Å². The van der Waals surface area contributed by atoms with Crippen molar-refractivity contribution in [3.05, 3.63) is 72.2 Å². The molecule has 0 aliphatic carbocycles. The van der Waals surface area contributed by atoms with E-state index in [4.69, 9.17) is 4.42 Å². The summed E-state index contributed by atoms with van der Waals surface area (Å²) in [5, 5.41) is 5.26. The fraction of sp³-hybridized carbons (Fsp3) is 0.0952. The summed E-state index contributed by atoms with van der Waals surface area (Å²) in [5.74, 6) is 0.453. The lowest BCUT2D eigenvalue weighted by Gasteiger charge is -2.02. The van der Waals surface area contributed by atoms with Gasteiger partial charge in [-0.05, 0) is 42.3 Å². The lowest BCUT2D eigenvalue weighted by atomic mass is 10.1. The molecule has 2 aromatic heterocycles. The summed E-state index contributed by atoms with van der Waals surface area (Å²) in [6, 6.07) is 15.9. The van der Waals surface area contributed by atoms with Crippen LogP contribution in [0.15, 0.2) is 65.3 Å². The van der Waals surface area contributed by atoms with E-state index in [9.17, 15) is 4.79 Å². The van der Waals surface area contributed by atoms with Crippen molar-refractivity contribution in [2.75, 3.05) is 5.32 Å². The van der Waals surface area contributed by atoms with Gasteiger partial charge < -0.3 is 14.7 Å².